The Balaban J connectivity index is 2.43. The minimum atomic E-state index is -3.49. The molecule has 1 amide bonds. The van der Waals surface area contributed by atoms with Crippen molar-refractivity contribution in [1.82, 2.24) is 4.90 Å². The first-order chi connectivity index (χ1) is 12.3. The SMILES string of the molecule is CCCOCC(O)CCN1C(=O)CS(=O)(=O)C1CCCCCCC(=O)O. The van der Waals surface area contributed by atoms with E-state index in [2.05, 4.69) is 0 Å². The molecule has 0 aromatic heterocycles. The smallest absolute Gasteiger partial charge is 0.303 e. The number of rotatable bonds is 14. The van der Waals surface area contributed by atoms with Gasteiger partial charge in [-0.05, 0) is 25.7 Å². The Bertz CT molecular complexity index is 549. The van der Waals surface area contributed by atoms with Gasteiger partial charge in [-0.15, -0.1) is 0 Å². The number of unbranched alkanes of at least 4 members (excludes halogenated alkanes) is 3. The third-order valence-corrected chi connectivity index (χ3v) is 6.33. The molecular weight excluding hydrogens is 362 g/mol. The third-order valence-electron chi connectivity index (χ3n) is 4.36. The van der Waals surface area contributed by atoms with Crippen LogP contribution in [0.3, 0.4) is 0 Å². The monoisotopic (exact) mass is 393 g/mol. The van der Waals surface area contributed by atoms with Gasteiger partial charge in [-0.3, -0.25) is 9.59 Å². The number of hydrogen-bond acceptors (Lipinski definition) is 6. The van der Waals surface area contributed by atoms with Crippen molar-refractivity contribution in [3.63, 3.8) is 0 Å². The summed E-state index contributed by atoms with van der Waals surface area (Å²) >= 11 is 0. The summed E-state index contributed by atoms with van der Waals surface area (Å²) in [5.41, 5.74) is 0. The van der Waals surface area contributed by atoms with Crippen LogP contribution in [0.25, 0.3) is 0 Å². The van der Waals surface area contributed by atoms with E-state index in [0.717, 1.165) is 19.3 Å². The van der Waals surface area contributed by atoms with Gasteiger partial charge in [-0.1, -0.05) is 26.2 Å². The summed E-state index contributed by atoms with van der Waals surface area (Å²) in [6.07, 6.45) is 3.51. The maximum atomic E-state index is 12.2. The molecule has 2 unspecified atom stereocenters. The van der Waals surface area contributed by atoms with Crippen LogP contribution in [-0.2, 0) is 24.2 Å². The number of hydrogen-bond donors (Lipinski definition) is 2. The van der Waals surface area contributed by atoms with Crippen LogP contribution in [0.1, 0.15) is 58.3 Å². The Labute approximate surface area is 155 Å². The number of amides is 1. The van der Waals surface area contributed by atoms with Crippen molar-refractivity contribution >= 4 is 21.7 Å². The van der Waals surface area contributed by atoms with Crippen LogP contribution >= 0.6 is 0 Å². The Morgan fingerprint density at radius 3 is 2.65 bits per heavy atom. The number of carboxylic acid groups (broad SMARTS) is 1. The maximum Gasteiger partial charge on any atom is 0.303 e. The molecule has 26 heavy (non-hydrogen) atoms. The fraction of sp³-hybridized carbons (Fsp3) is 0.882. The topological polar surface area (TPSA) is 121 Å². The average molecular weight is 394 g/mol. The summed E-state index contributed by atoms with van der Waals surface area (Å²) in [7, 11) is -3.49. The molecule has 1 heterocycles. The van der Waals surface area contributed by atoms with E-state index in [0.29, 0.717) is 25.9 Å². The van der Waals surface area contributed by atoms with Crippen molar-refractivity contribution in [3.05, 3.63) is 0 Å². The number of aliphatic hydroxyl groups is 1. The largest absolute Gasteiger partial charge is 0.481 e. The van der Waals surface area contributed by atoms with E-state index in [1.807, 2.05) is 6.92 Å². The molecule has 1 rings (SSSR count). The van der Waals surface area contributed by atoms with Gasteiger partial charge in [0.15, 0.2) is 9.84 Å². The lowest BCUT2D eigenvalue weighted by atomic mass is 10.1. The maximum absolute atomic E-state index is 12.2. The molecule has 0 aromatic carbocycles. The molecular formula is C17H31NO7S. The fourth-order valence-corrected chi connectivity index (χ4v) is 4.83. The summed E-state index contributed by atoms with van der Waals surface area (Å²) in [5.74, 6) is -1.72. The molecule has 0 spiro atoms. The van der Waals surface area contributed by atoms with Crippen LogP contribution < -0.4 is 0 Å². The summed E-state index contributed by atoms with van der Waals surface area (Å²) in [4.78, 5) is 23.9. The van der Waals surface area contributed by atoms with Crippen molar-refractivity contribution in [3.8, 4) is 0 Å². The molecule has 0 aromatic rings. The molecule has 1 aliphatic rings. The lowest BCUT2D eigenvalue weighted by molar-refractivity contribution is -0.137. The van der Waals surface area contributed by atoms with Crippen LogP contribution in [-0.4, -0.2) is 72.4 Å². The van der Waals surface area contributed by atoms with Crippen LogP contribution in [0.5, 0.6) is 0 Å². The molecule has 152 valence electrons. The third kappa shape index (κ3) is 8.01. The zero-order valence-corrected chi connectivity index (χ0v) is 16.2. The van der Waals surface area contributed by atoms with E-state index >= 15 is 0 Å². The molecule has 0 radical (unpaired) electrons. The molecule has 1 aliphatic heterocycles. The Morgan fingerprint density at radius 2 is 2.00 bits per heavy atom. The Hall–Kier alpha value is -1.19. The van der Waals surface area contributed by atoms with Crippen LogP contribution in [0, 0.1) is 0 Å². The van der Waals surface area contributed by atoms with Gasteiger partial charge >= 0.3 is 5.97 Å². The fourth-order valence-electron chi connectivity index (χ4n) is 2.99. The summed E-state index contributed by atoms with van der Waals surface area (Å²) in [6.45, 7) is 2.89. The van der Waals surface area contributed by atoms with E-state index in [9.17, 15) is 23.1 Å². The average Bonchev–Trinajstić information content (AvgIpc) is 2.77. The number of carbonyl (C=O) groups excluding carboxylic acids is 1. The zero-order chi connectivity index (χ0) is 19.6. The lowest BCUT2D eigenvalue weighted by Crippen LogP contribution is -2.38. The Kier molecular flexibility index (Phi) is 10.1. The van der Waals surface area contributed by atoms with Gasteiger partial charge in [0, 0.05) is 19.6 Å². The second kappa shape index (κ2) is 11.5. The van der Waals surface area contributed by atoms with Crippen LogP contribution in [0.15, 0.2) is 0 Å². The second-order valence-corrected chi connectivity index (χ2v) is 8.87. The van der Waals surface area contributed by atoms with Crippen LogP contribution in [0.2, 0.25) is 0 Å². The highest BCUT2D eigenvalue weighted by molar-refractivity contribution is 7.93. The Morgan fingerprint density at radius 1 is 1.31 bits per heavy atom. The number of carboxylic acids is 1. The molecule has 0 aliphatic carbocycles. The molecule has 9 heteroatoms. The normalized spacial score (nSPS) is 20.5. The minimum Gasteiger partial charge on any atom is -0.481 e. The number of ether oxygens (including phenoxy) is 1. The molecule has 2 N–H and O–H groups in total. The van der Waals surface area contributed by atoms with E-state index in [1.165, 1.54) is 4.90 Å². The van der Waals surface area contributed by atoms with Gasteiger partial charge in [0.1, 0.15) is 11.1 Å². The van der Waals surface area contributed by atoms with Gasteiger partial charge in [0.25, 0.3) is 0 Å². The lowest BCUT2D eigenvalue weighted by Gasteiger charge is -2.24. The van der Waals surface area contributed by atoms with Gasteiger partial charge in [0.05, 0.1) is 12.7 Å². The molecule has 0 bridgehead atoms. The number of aliphatic hydroxyl groups excluding tert-OH is 1. The van der Waals surface area contributed by atoms with Crippen molar-refractivity contribution in [1.29, 1.82) is 0 Å². The minimum absolute atomic E-state index is 0.115. The standard InChI is InChI=1S/C17H31NO7S/c1-2-11-25-12-14(19)9-10-18-15(20)13-26(23,24)16(18)7-5-3-4-6-8-17(21)22/h14,16,19H,2-13H2,1H3,(H,21,22). The van der Waals surface area contributed by atoms with Gasteiger partial charge in [-0.2, -0.15) is 0 Å². The zero-order valence-electron chi connectivity index (χ0n) is 15.4. The predicted molar refractivity (Wildman–Crippen MR) is 96.4 cm³/mol. The summed E-state index contributed by atoms with van der Waals surface area (Å²) < 4.78 is 29.7. The summed E-state index contributed by atoms with van der Waals surface area (Å²) in [6, 6.07) is 0. The number of aliphatic carboxylic acids is 1. The molecule has 1 saturated heterocycles. The highest BCUT2D eigenvalue weighted by Crippen LogP contribution is 2.24. The van der Waals surface area contributed by atoms with Gasteiger partial charge < -0.3 is 19.8 Å². The first kappa shape index (κ1) is 22.9. The number of nitrogens with zero attached hydrogens (tertiary/aromatic N) is 1. The van der Waals surface area contributed by atoms with E-state index in [-0.39, 0.29) is 26.0 Å². The van der Waals surface area contributed by atoms with Crippen molar-refractivity contribution in [2.75, 3.05) is 25.5 Å². The van der Waals surface area contributed by atoms with Gasteiger partial charge in [-0.25, -0.2) is 8.42 Å². The van der Waals surface area contributed by atoms with Gasteiger partial charge in [0.2, 0.25) is 5.91 Å². The molecule has 2 atom stereocenters. The highest BCUT2D eigenvalue weighted by atomic mass is 32.2. The van der Waals surface area contributed by atoms with E-state index in [4.69, 9.17) is 9.84 Å². The van der Waals surface area contributed by atoms with Crippen molar-refractivity contribution < 1.29 is 33.0 Å². The quantitative estimate of drug-likeness (QED) is 0.425. The highest BCUT2D eigenvalue weighted by Gasteiger charge is 2.43. The molecule has 1 fully saturated rings. The number of carbonyl (C=O) groups is 2. The van der Waals surface area contributed by atoms with E-state index in [1.54, 1.807) is 0 Å². The van der Waals surface area contributed by atoms with E-state index < -0.39 is 38.9 Å². The first-order valence-electron chi connectivity index (χ1n) is 9.26. The van der Waals surface area contributed by atoms with Crippen molar-refractivity contribution in [2.45, 2.75) is 69.8 Å². The second-order valence-electron chi connectivity index (χ2n) is 6.71. The molecule has 0 saturated carbocycles. The molecule has 8 nitrogen and oxygen atoms in total. The van der Waals surface area contributed by atoms with Crippen LogP contribution in [0.4, 0.5) is 0 Å². The first-order valence-corrected chi connectivity index (χ1v) is 11.0. The number of sulfone groups is 1. The van der Waals surface area contributed by atoms with Crippen molar-refractivity contribution in [2.24, 2.45) is 0 Å². The summed E-state index contributed by atoms with van der Waals surface area (Å²) in [5, 5.41) is 17.7. The predicted octanol–water partition coefficient (Wildman–Crippen LogP) is 1.17.